The lowest BCUT2D eigenvalue weighted by atomic mass is 9.56. The van der Waals surface area contributed by atoms with Gasteiger partial charge in [0.1, 0.15) is 6.04 Å². The highest BCUT2D eigenvalue weighted by Gasteiger charge is 2.64. The van der Waals surface area contributed by atoms with Crippen LogP contribution in [0.15, 0.2) is 155 Å². The number of piperidine rings is 2. The van der Waals surface area contributed by atoms with Crippen molar-refractivity contribution in [2.45, 2.75) is 288 Å². The molecule has 22 heteroatoms. The van der Waals surface area contributed by atoms with Crippen LogP contribution in [0.4, 0.5) is 13.2 Å². The van der Waals surface area contributed by atoms with E-state index in [1.807, 2.05) is 35.6 Å². The molecule has 19 nitrogen and oxygen atoms in total. The summed E-state index contributed by atoms with van der Waals surface area (Å²) in [5, 5.41) is 34.7. The lowest BCUT2D eigenvalue weighted by Gasteiger charge is -2.49. The molecular weight excluding hydrogens is 1590 g/mol. The second-order valence-electron chi connectivity index (χ2n) is 40.6. The monoisotopic (exact) mass is 1730 g/mol. The van der Waals surface area contributed by atoms with E-state index in [-0.39, 0.29) is 94.7 Å². The Hall–Kier alpha value is -7.96. The van der Waals surface area contributed by atoms with Gasteiger partial charge >= 0.3 is 12.1 Å². The first-order valence-electron chi connectivity index (χ1n) is 47.9. The second kappa shape index (κ2) is 39.4. The zero-order valence-corrected chi connectivity index (χ0v) is 75.7. The van der Waals surface area contributed by atoms with Gasteiger partial charge in [-0.1, -0.05) is 198 Å². The normalized spacial score (nSPS) is 33.0. The number of hydrogen-bond donors (Lipinski definition) is 8. The number of allylic oxidation sites excluding steroid dienone is 4. The maximum atomic E-state index is 13.2. The Balaban J connectivity index is 0.000000195. The highest BCUT2D eigenvalue weighted by atomic mass is 19.4. The van der Waals surface area contributed by atoms with Crippen molar-refractivity contribution < 1.29 is 66.4 Å². The molecule has 8 fully saturated rings. The highest BCUT2D eigenvalue weighted by Crippen LogP contribution is 2.68. The van der Waals surface area contributed by atoms with Crippen molar-refractivity contribution in [3.05, 3.63) is 188 Å². The minimum atomic E-state index is -5.17. The molecule has 8 aliphatic carbocycles. The largest absolute Gasteiger partial charge is 0.471 e. The summed E-state index contributed by atoms with van der Waals surface area (Å²) < 4.78 is 54.3. The van der Waals surface area contributed by atoms with Crippen LogP contribution in [0.2, 0.25) is 0 Å². The van der Waals surface area contributed by atoms with E-state index in [2.05, 4.69) is 98.6 Å². The summed E-state index contributed by atoms with van der Waals surface area (Å²) >= 11 is 0. The molecule has 16 rings (SSSR count). The molecule has 682 valence electrons. The van der Waals surface area contributed by atoms with Gasteiger partial charge in [-0.25, -0.2) is 0 Å². The first-order valence-corrected chi connectivity index (χ1v) is 47.9. The molecule has 0 bridgehead atoms. The number of unbranched alkanes of at least 4 members (excludes halogenated alkanes) is 4. The fourth-order valence-corrected chi connectivity index (χ4v) is 26.3. The number of hydrogen-bond acceptors (Lipinski definition) is 14. The van der Waals surface area contributed by atoms with Crippen molar-refractivity contribution in [2.75, 3.05) is 52.4 Å². The van der Waals surface area contributed by atoms with Gasteiger partial charge in [0.25, 0.3) is 0 Å². The van der Waals surface area contributed by atoms with Gasteiger partial charge in [0, 0.05) is 118 Å². The first kappa shape index (κ1) is 92.7. The number of amides is 5. The van der Waals surface area contributed by atoms with Crippen LogP contribution in [0.5, 0.6) is 0 Å². The van der Waals surface area contributed by atoms with Crippen LogP contribution in [0.3, 0.4) is 0 Å². The molecule has 12 aliphatic rings. The number of fused-ring (bicyclic) bond motifs is 12. The number of rotatable bonds is 29. The van der Waals surface area contributed by atoms with E-state index in [4.69, 9.17) is 15.2 Å². The number of benzene rings is 4. The van der Waals surface area contributed by atoms with E-state index in [0.29, 0.717) is 145 Å². The molecular formula is C104H139F3N8O11. The number of aliphatic hydroxyl groups is 2. The summed E-state index contributed by atoms with van der Waals surface area (Å²) in [5.74, 6) is 2.42. The Morgan fingerprint density at radius 2 is 0.921 bits per heavy atom. The van der Waals surface area contributed by atoms with Crippen LogP contribution >= 0.6 is 0 Å². The number of nitrogens with two attached hydrogens (primary N) is 1. The van der Waals surface area contributed by atoms with E-state index < -0.39 is 30.1 Å². The molecule has 4 heterocycles. The predicted molar refractivity (Wildman–Crippen MR) is 482 cm³/mol. The average Bonchev–Trinajstić information content (AvgIpc) is 1.55. The number of nitrogens with zero attached hydrogens (tertiary/aromatic N) is 2. The summed E-state index contributed by atoms with van der Waals surface area (Å²) in [5.41, 5.74) is 19.1. The summed E-state index contributed by atoms with van der Waals surface area (Å²) in [7, 11) is 0. The molecule has 9 N–H and O–H groups in total. The first-order chi connectivity index (χ1) is 60.4. The Labute approximate surface area is 744 Å². The van der Waals surface area contributed by atoms with Crippen LogP contribution in [0, 0.1) is 70.0 Å². The van der Waals surface area contributed by atoms with Crippen LogP contribution in [0.25, 0.3) is 0 Å². The number of ether oxygens (including phenoxy) is 2. The molecule has 4 aromatic carbocycles. The number of carbonyl (C=O) groups is 7. The van der Waals surface area contributed by atoms with E-state index >= 15 is 0 Å². The topological polar surface area (TPSA) is 271 Å². The van der Waals surface area contributed by atoms with Crippen molar-refractivity contribution in [1.29, 1.82) is 0 Å². The van der Waals surface area contributed by atoms with Crippen molar-refractivity contribution in [3.8, 4) is 0 Å². The van der Waals surface area contributed by atoms with Crippen molar-refractivity contribution in [1.82, 2.24) is 36.4 Å². The van der Waals surface area contributed by atoms with Gasteiger partial charge in [0.05, 0.1) is 41.7 Å². The number of alkyl halides is 3. The molecule has 0 aromatic heterocycles. The van der Waals surface area contributed by atoms with Crippen molar-refractivity contribution in [2.24, 2.45) is 75.7 Å². The highest BCUT2D eigenvalue weighted by molar-refractivity contribution is 6.09. The Bertz CT molecular complexity index is 4710. The van der Waals surface area contributed by atoms with Gasteiger partial charge in [-0.15, -0.1) is 0 Å². The molecule has 4 saturated carbocycles. The van der Waals surface area contributed by atoms with E-state index in [1.165, 1.54) is 42.4 Å². The third-order valence-electron chi connectivity index (χ3n) is 33.0. The van der Waals surface area contributed by atoms with E-state index in [1.54, 1.807) is 95.6 Å². The SMILES string of the molecule is CC1=C2C[C@H]3[C@@H](CC=C4C[C@@H](O)CC[C@@]43C)[C@@H]2CC[C@]12O[C@@H]1C[C@H](C)CN(CCNC(=O)CCCCCNC(=O)[C@@H](N)Cc3ccc(C(=O)c4ccccc4)cc3)[C@H]1[C@H]2C.CC1=C2C[C@H]3[C@@H](CC=C4C[C@@H](O)CC[C@@]43C)[C@@H]2CC[C@]12O[C@@H]1C[C@H](C)CN(CCNC(=O)CCCCCNC(=O)[C@H](Cc3ccc(C(=O)c4ccccc4)cc3)NC(=O)C(F)(F)F)[C@H]1[C@H]2C. The van der Waals surface area contributed by atoms with Gasteiger partial charge in [-0.2, -0.15) is 13.2 Å². The minimum Gasteiger partial charge on any atom is -0.393 e. The van der Waals surface area contributed by atoms with E-state index in [0.717, 1.165) is 134 Å². The van der Waals surface area contributed by atoms with Crippen LogP contribution < -0.4 is 32.3 Å². The molecule has 2 spiro atoms. The van der Waals surface area contributed by atoms with Gasteiger partial charge in [-0.3, -0.25) is 43.4 Å². The van der Waals surface area contributed by atoms with Crippen molar-refractivity contribution >= 4 is 41.1 Å². The quantitative estimate of drug-likeness (QED) is 0.0143. The van der Waals surface area contributed by atoms with Crippen LogP contribution in [0.1, 0.15) is 252 Å². The number of nitrogens with one attached hydrogen (secondary N) is 5. The molecule has 4 aliphatic heterocycles. The molecule has 0 radical (unpaired) electrons. The Kier molecular flexibility index (Phi) is 29.0. The lowest BCUT2D eigenvalue weighted by Crippen LogP contribution is -2.54. The average molecular weight is 1730 g/mol. The number of halogens is 3. The lowest BCUT2D eigenvalue weighted by molar-refractivity contribution is -0.174. The maximum Gasteiger partial charge on any atom is 0.471 e. The Morgan fingerprint density at radius 3 is 1.35 bits per heavy atom. The number of aliphatic hydroxyl groups excluding tert-OH is 2. The number of likely N-dealkylation sites (tertiary alicyclic amines) is 2. The summed E-state index contributed by atoms with van der Waals surface area (Å²) in [6.07, 6.45) is 22.0. The van der Waals surface area contributed by atoms with Crippen LogP contribution in [-0.2, 0) is 46.3 Å². The van der Waals surface area contributed by atoms with E-state index in [9.17, 15) is 56.9 Å². The number of carbonyl (C=O) groups excluding carboxylic acids is 7. The number of ketones is 2. The fraction of sp³-hybridized carbons (Fsp3) is 0.625. The molecule has 5 amide bonds. The Morgan fingerprint density at radius 1 is 0.508 bits per heavy atom. The van der Waals surface area contributed by atoms with Gasteiger partial charge < -0.3 is 52.0 Å². The summed E-state index contributed by atoms with van der Waals surface area (Å²) in [6.45, 7) is 24.8. The standard InChI is InChI=1S/C53H69F3N4O6.C51H70N4O5/c1-32-27-45-47(34(3)52(66-45)23-21-40-41-19-18-38-29-39(61)20-22-51(38,4)43(41)30-42(40)33(52)2)60(31-32)26-25-57-46(62)13-9-6-10-24-58-49(64)44(59-50(65)53(54,55)56)28-35-14-16-37(17-15-35)48(63)36-11-7-5-8-12-36;1-32-27-45-47(34(3)51(60-45)23-21-40-41-19-18-38-29-39(56)20-22-50(38,4)43(41)30-42(40)33(51)2)55(31-32)26-25-53-46(57)13-9-6-10-24-54-49(59)44(52)28-35-14-16-37(17-15-35)48(58)36-11-7-5-8-12-36/h5,7-8,11-12,14-18,32,34,39-41,43-45,47,61H,6,9-10,13,19-31H2,1-4H3,(H,57,62)(H,58,64)(H,59,65);5,7-8,11-12,14-18,32,34,39-41,43-45,47,56H,6,9-10,13,19-31,52H2,1-4H3,(H,53,57)(H,54,59)/t32-,34+,39-,40-,41-,43-,44-,45+,47-,51-,52-;32-,34+,39-,40-,41-,43-,44-,45+,47-,50-,51-/m00/s1. The molecule has 0 unspecified atom stereocenters. The van der Waals surface area contributed by atoms with Gasteiger partial charge in [-0.05, 0) is 229 Å². The minimum absolute atomic E-state index is 0.0327. The molecule has 4 saturated heterocycles. The third-order valence-corrected chi connectivity index (χ3v) is 33.0. The van der Waals surface area contributed by atoms with Crippen LogP contribution in [-0.4, -0.2) is 179 Å². The maximum absolute atomic E-state index is 13.2. The van der Waals surface area contributed by atoms with Gasteiger partial charge in [0.15, 0.2) is 11.6 Å². The van der Waals surface area contributed by atoms with Crippen molar-refractivity contribution in [3.63, 3.8) is 0 Å². The smallest absolute Gasteiger partial charge is 0.393 e. The fourth-order valence-electron chi connectivity index (χ4n) is 26.3. The zero-order chi connectivity index (χ0) is 89.2. The molecule has 22 atom stereocenters. The predicted octanol–water partition coefficient (Wildman–Crippen LogP) is 15.3. The second-order valence-corrected chi connectivity index (χ2v) is 40.6. The third kappa shape index (κ3) is 19.6. The summed E-state index contributed by atoms with van der Waals surface area (Å²) in [6, 6.07) is 29.8. The molecule has 4 aromatic rings. The summed E-state index contributed by atoms with van der Waals surface area (Å²) in [4.78, 5) is 94.2. The van der Waals surface area contributed by atoms with Gasteiger partial charge in [0.2, 0.25) is 23.6 Å². The molecule has 126 heavy (non-hydrogen) atoms. The zero-order valence-electron chi connectivity index (χ0n) is 75.7.